The third-order valence-electron chi connectivity index (χ3n) is 1.88. The summed E-state index contributed by atoms with van der Waals surface area (Å²) in [5, 5.41) is 2.61. The zero-order valence-electron chi connectivity index (χ0n) is 10.2. The number of ether oxygens (including phenoxy) is 1. The van der Waals surface area contributed by atoms with Gasteiger partial charge >= 0.3 is 6.09 Å². The molecule has 1 rings (SSSR count). The summed E-state index contributed by atoms with van der Waals surface area (Å²) in [5.74, 6) is 0. The van der Waals surface area contributed by atoms with Gasteiger partial charge in [-0.1, -0.05) is 12.1 Å². The second-order valence-electron chi connectivity index (χ2n) is 4.64. The maximum Gasteiger partial charge on any atom is 0.412 e. The number of benzene rings is 1. The predicted molar refractivity (Wildman–Crippen MR) is 65.7 cm³/mol. The summed E-state index contributed by atoms with van der Waals surface area (Å²) < 4.78 is 5.11. The molecule has 4 nitrogen and oxygen atoms in total. The quantitative estimate of drug-likeness (QED) is 0.874. The van der Waals surface area contributed by atoms with Crippen LogP contribution in [0, 0.1) is 0 Å². The SMILES string of the molecule is CC(C)(C)OC(=O)Nc1ccc(C[C]=O)cc1. The van der Waals surface area contributed by atoms with Crippen LogP contribution in [0.3, 0.4) is 0 Å². The molecule has 17 heavy (non-hydrogen) atoms. The molecule has 0 aliphatic rings. The monoisotopic (exact) mass is 234 g/mol. The van der Waals surface area contributed by atoms with E-state index in [-0.39, 0.29) is 6.42 Å². The molecular formula is C13H16NO3. The number of amides is 1. The lowest BCUT2D eigenvalue weighted by Crippen LogP contribution is -2.27. The van der Waals surface area contributed by atoms with Crippen molar-refractivity contribution in [3.8, 4) is 0 Å². The topological polar surface area (TPSA) is 55.4 Å². The summed E-state index contributed by atoms with van der Waals surface area (Å²) in [7, 11) is 0. The number of anilines is 1. The fourth-order valence-corrected chi connectivity index (χ4v) is 1.21. The lowest BCUT2D eigenvalue weighted by Gasteiger charge is -2.19. The Labute approximate surface area is 101 Å². The van der Waals surface area contributed by atoms with Gasteiger partial charge in [0.15, 0.2) is 0 Å². The number of carbonyl (C=O) groups excluding carboxylic acids is 2. The van der Waals surface area contributed by atoms with Gasteiger partial charge in [-0.25, -0.2) is 4.79 Å². The van der Waals surface area contributed by atoms with Crippen LogP contribution in [0.5, 0.6) is 0 Å². The molecule has 0 fully saturated rings. The second kappa shape index (κ2) is 5.48. The van der Waals surface area contributed by atoms with Gasteiger partial charge in [0.05, 0.1) is 0 Å². The van der Waals surface area contributed by atoms with E-state index in [9.17, 15) is 9.59 Å². The lowest BCUT2D eigenvalue weighted by molar-refractivity contribution is 0.0636. The van der Waals surface area contributed by atoms with Crippen LogP contribution in [0.4, 0.5) is 10.5 Å². The first-order valence-electron chi connectivity index (χ1n) is 5.34. The molecule has 0 saturated carbocycles. The Kier molecular flexibility index (Phi) is 4.26. The molecule has 0 heterocycles. The minimum atomic E-state index is -0.517. The first-order chi connectivity index (χ1) is 7.90. The highest BCUT2D eigenvalue weighted by Gasteiger charge is 2.15. The fourth-order valence-electron chi connectivity index (χ4n) is 1.21. The third kappa shape index (κ3) is 5.15. The summed E-state index contributed by atoms with van der Waals surface area (Å²) in [5.41, 5.74) is 0.972. The summed E-state index contributed by atoms with van der Waals surface area (Å²) in [6, 6.07) is 6.96. The van der Waals surface area contributed by atoms with Gasteiger partial charge in [-0.15, -0.1) is 0 Å². The Morgan fingerprint density at radius 3 is 2.35 bits per heavy atom. The van der Waals surface area contributed by atoms with E-state index in [0.717, 1.165) is 5.56 Å². The zero-order chi connectivity index (χ0) is 12.9. The van der Waals surface area contributed by atoms with E-state index in [2.05, 4.69) is 5.32 Å². The average Bonchev–Trinajstić information content (AvgIpc) is 2.18. The molecule has 1 aromatic carbocycles. The Balaban J connectivity index is 2.57. The van der Waals surface area contributed by atoms with Crippen LogP contribution < -0.4 is 5.32 Å². The maximum atomic E-state index is 11.4. The van der Waals surface area contributed by atoms with Crippen molar-refractivity contribution >= 4 is 18.1 Å². The maximum absolute atomic E-state index is 11.4. The third-order valence-corrected chi connectivity index (χ3v) is 1.88. The minimum absolute atomic E-state index is 0.257. The van der Waals surface area contributed by atoms with Gasteiger partial charge in [-0.2, -0.15) is 0 Å². The summed E-state index contributed by atoms with van der Waals surface area (Å²) in [4.78, 5) is 21.6. The van der Waals surface area contributed by atoms with Gasteiger partial charge in [0.25, 0.3) is 0 Å². The van der Waals surface area contributed by atoms with E-state index < -0.39 is 11.7 Å². The lowest BCUT2D eigenvalue weighted by atomic mass is 10.1. The number of carbonyl (C=O) groups is 1. The number of rotatable bonds is 3. The van der Waals surface area contributed by atoms with E-state index in [1.807, 2.05) is 6.29 Å². The zero-order valence-corrected chi connectivity index (χ0v) is 10.2. The van der Waals surface area contributed by atoms with Crippen LogP contribution in [0.1, 0.15) is 26.3 Å². The molecule has 1 aromatic rings. The fraction of sp³-hybridized carbons (Fsp3) is 0.385. The van der Waals surface area contributed by atoms with Crippen molar-refractivity contribution < 1.29 is 14.3 Å². The Morgan fingerprint density at radius 1 is 1.29 bits per heavy atom. The largest absolute Gasteiger partial charge is 0.444 e. The first-order valence-corrected chi connectivity index (χ1v) is 5.34. The smallest absolute Gasteiger partial charge is 0.412 e. The van der Waals surface area contributed by atoms with Crippen molar-refractivity contribution in [1.29, 1.82) is 0 Å². The first kappa shape index (κ1) is 13.2. The van der Waals surface area contributed by atoms with E-state index in [1.165, 1.54) is 0 Å². The molecule has 91 valence electrons. The highest BCUT2D eigenvalue weighted by atomic mass is 16.6. The van der Waals surface area contributed by atoms with Gasteiger partial charge in [0.2, 0.25) is 6.29 Å². The van der Waals surface area contributed by atoms with Crippen molar-refractivity contribution in [3.63, 3.8) is 0 Å². The molecule has 1 radical (unpaired) electrons. The predicted octanol–water partition coefficient (Wildman–Crippen LogP) is 2.69. The standard InChI is InChI=1S/C13H16NO3/c1-13(2,3)17-12(16)14-11-6-4-10(5-7-11)8-9-15/h4-7H,8H2,1-3H3,(H,14,16). The summed E-state index contributed by atoms with van der Waals surface area (Å²) in [6.45, 7) is 5.40. The Bertz CT molecular complexity index is 390. The van der Waals surface area contributed by atoms with Crippen LogP contribution in [-0.4, -0.2) is 18.0 Å². The molecule has 0 aliphatic heterocycles. The molecule has 0 aromatic heterocycles. The van der Waals surface area contributed by atoms with Crippen molar-refractivity contribution in [2.75, 3.05) is 5.32 Å². The van der Waals surface area contributed by atoms with Crippen LogP contribution in [-0.2, 0) is 16.0 Å². The van der Waals surface area contributed by atoms with Crippen molar-refractivity contribution in [3.05, 3.63) is 29.8 Å². The minimum Gasteiger partial charge on any atom is -0.444 e. The molecule has 0 spiro atoms. The van der Waals surface area contributed by atoms with Crippen molar-refractivity contribution in [2.24, 2.45) is 0 Å². The van der Waals surface area contributed by atoms with E-state index in [1.54, 1.807) is 45.0 Å². The van der Waals surface area contributed by atoms with Crippen molar-refractivity contribution in [2.45, 2.75) is 32.8 Å². The van der Waals surface area contributed by atoms with Crippen LogP contribution in [0.2, 0.25) is 0 Å². The van der Waals surface area contributed by atoms with Gasteiger partial charge in [-0.05, 0) is 38.5 Å². The van der Waals surface area contributed by atoms with Gasteiger partial charge in [-0.3, -0.25) is 10.1 Å². The van der Waals surface area contributed by atoms with Crippen LogP contribution in [0.25, 0.3) is 0 Å². The van der Waals surface area contributed by atoms with Crippen molar-refractivity contribution in [1.82, 2.24) is 0 Å². The molecule has 1 N–H and O–H groups in total. The molecule has 0 bridgehead atoms. The molecule has 0 atom stereocenters. The highest BCUT2D eigenvalue weighted by Crippen LogP contribution is 2.12. The molecule has 0 saturated heterocycles. The average molecular weight is 234 g/mol. The molecule has 0 unspecified atom stereocenters. The summed E-state index contributed by atoms with van der Waals surface area (Å²) in [6.07, 6.45) is 1.58. The normalized spacial score (nSPS) is 10.8. The highest BCUT2D eigenvalue weighted by molar-refractivity contribution is 5.84. The number of nitrogens with one attached hydrogen (secondary N) is 1. The van der Waals surface area contributed by atoms with Gasteiger partial charge < -0.3 is 4.74 Å². The van der Waals surface area contributed by atoms with Crippen LogP contribution in [0.15, 0.2) is 24.3 Å². The number of hydrogen-bond donors (Lipinski definition) is 1. The van der Waals surface area contributed by atoms with Gasteiger partial charge in [0.1, 0.15) is 5.60 Å². The molecule has 0 aliphatic carbocycles. The van der Waals surface area contributed by atoms with E-state index in [4.69, 9.17) is 4.74 Å². The Morgan fingerprint density at radius 2 is 1.88 bits per heavy atom. The summed E-state index contributed by atoms with van der Waals surface area (Å²) >= 11 is 0. The Hall–Kier alpha value is -1.84. The molecule has 1 amide bonds. The number of hydrogen-bond acceptors (Lipinski definition) is 3. The van der Waals surface area contributed by atoms with E-state index in [0.29, 0.717) is 5.69 Å². The molecule has 4 heteroatoms. The molecular weight excluding hydrogens is 218 g/mol. The second-order valence-corrected chi connectivity index (χ2v) is 4.64. The van der Waals surface area contributed by atoms with E-state index >= 15 is 0 Å². The van der Waals surface area contributed by atoms with Crippen LogP contribution >= 0.6 is 0 Å². The van der Waals surface area contributed by atoms with Gasteiger partial charge in [0, 0.05) is 12.1 Å².